The average Bonchev–Trinajstić information content (AvgIpc) is 2.03. The number of aliphatic hydroxyl groups is 1. The highest BCUT2D eigenvalue weighted by Gasteiger charge is 2.40. The Morgan fingerprint density at radius 3 is 2.31 bits per heavy atom. The van der Waals surface area contributed by atoms with Crippen LogP contribution < -0.4 is 0 Å². The minimum absolute atomic E-state index is 0.0892. The summed E-state index contributed by atoms with van der Waals surface area (Å²) in [6.45, 7) is 2.21. The first kappa shape index (κ1) is 9.22. The average molecular weight is 241 g/mol. The topological polar surface area (TPSA) is 20.2 Å². The lowest BCUT2D eigenvalue weighted by atomic mass is 9.64. The van der Waals surface area contributed by atoms with E-state index in [2.05, 4.69) is 47.1 Å². The fourth-order valence-electron chi connectivity index (χ4n) is 2.07. The quantitative estimate of drug-likeness (QED) is 0.801. The fourth-order valence-corrected chi connectivity index (χ4v) is 2.33. The van der Waals surface area contributed by atoms with E-state index in [0.717, 1.165) is 17.3 Å². The normalized spacial score (nSPS) is 32.7. The SMILES string of the molecule is CC1(c2ccc(Br)cc2)CC(O)C1. The molecule has 70 valence electrons. The molecule has 0 spiro atoms. The van der Waals surface area contributed by atoms with E-state index in [1.54, 1.807) is 0 Å². The van der Waals surface area contributed by atoms with Gasteiger partial charge < -0.3 is 5.11 Å². The molecule has 1 saturated carbocycles. The molecule has 0 aromatic heterocycles. The van der Waals surface area contributed by atoms with Crippen LogP contribution in [-0.4, -0.2) is 11.2 Å². The van der Waals surface area contributed by atoms with Crippen molar-refractivity contribution in [1.82, 2.24) is 0 Å². The Morgan fingerprint density at radius 2 is 1.85 bits per heavy atom. The molecule has 0 unspecified atom stereocenters. The maximum absolute atomic E-state index is 9.29. The maximum atomic E-state index is 9.29. The molecule has 1 fully saturated rings. The maximum Gasteiger partial charge on any atom is 0.0557 e. The molecule has 13 heavy (non-hydrogen) atoms. The van der Waals surface area contributed by atoms with Crippen LogP contribution in [0.5, 0.6) is 0 Å². The molecular weight excluding hydrogens is 228 g/mol. The lowest BCUT2D eigenvalue weighted by Crippen LogP contribution is -2.41. The van der Waals surface area contributed by atoms with Gasteiger partial charge in [0.2, 0.25) is 0 Å². The van der Waals surface area contributed by atoms with Gasteiger partial charge >= 0.3 is 0 Å². The number of aliphatic hydroxyl groups excluding tert-OH is 1. The van der Waals surface area contributed by atoms with Crippen LogP contribution in [0.15, 0.2) is 28.7 Å². The van der Waals surface area contributed by atoms with E-state index >= 15 is 0 Å². The molecule has 1 aliphatic carbocycles. The first-order chi connectivity index (χ1) is 6.10. The van der Waals surface area contributed by atoms with E-state index in [1.807, 2.05) is 0 Å². The Labute approximate surface area is 86.9 Å². The van der Waals surface area contributed by atoms with E-state index in [-0.39, 0.29) is 11.5 Å². The van der Waals surface area contributed by atoms with Crippen LogP contribution in [-0.2, 0) is 5.41 Å². The Hall–Kier alpha value is -0.340. The molecule has 0 amide bonds. The summed E-state index contributed by atoms with van der Waals surface area (Å²) in [5.74, 6) is 0. The molecule has 1 aromatic rings. The molecule has 1 nitrogen and oxygen atoms in total. The van der Waals surface area contributed by atoms with Crippen molar-refractivity contribution in [2.75, 3.05) is 0 Å². The van der Waals surface area contributed by atoms with Crippen LogP contribution in [0.3, 0.4) is 0 Å². The van der Waals surface area contributed by atoms with Gasteiger partial charge in [-0.3, -0.25) is 0 Å². The van der Waals surface area contributed by atoms with Crippen molar-refractivity contribution in [2.24, 2.45) is 0 Å². The molecule has 1 aromatic carbocycles. The lowest BCUT2D eigenvalue weighted by Gasteiger charge is -2.43. The lowest BCUT2D eigenvalue weighted by molar-refractivity contribution is 0.0273. The van der Waals surface area contributed by atoms with Gasteiger partial charge in [0.1, 0.15) is 0 Å². The molecular formula is C11H13BrO. The highest BCUT2D eigenvalue weighted by atomic mass is 79.9. The second kappa shape index (κ2) is 3.10. The largest absolute Gasteiger partial charge is 0.393 e. The predicted molar refractivity (Wildman–Crippen MR) is 56.7 cm³/mol. The fraction of sp³-hybridized carbons (Fsp3) is 0.455. The molecule has 2 rings (SSSR count). The summed E-state index contributed by atoms with van der Waals surface area (Å²) in [4.78, 5) is 0. The Bertz CT molecular complexity index is 298. The van der Waals surface area contributed by atoms with Crippen molar-refractivity contribution in [2.45, 2.75) is 31.3 Å². The van der Waals surface area contributed by atoms with Gasteiger partial charge in [-0.15, -0.1) is 0 Å². The summed E-state index contributed by atoms with van der Waals surface area (Å²) in [7, 11) is 0. The summed E-state index contributed by atoms with van der Waals surface area (Å²) in [5, 5.41) is 9.29. The van der Waals surface area contributed by atoms with Crippen LogP contribution in [0.2, 0.25) is 0 Å². The van der Waals surface area contributed by atoms with Crippen molar-refractivity contribution in [3.63, 3.8) is 0 Å². The second-order valence-electron chi connectivity index (χ2n) is 4.13. The van der Waals surface area contributed by atoms with Gasteiger partial charge in [0.05, 0.1) is 6.10 Å². The highest BCUT2D eigenvalue weighted by Crippen LogP contribution is 2.43. The van der Waals surface area contributed by atoms with Crippen LogP contribution >= 0.6 is 15.9 Å². The second-order valence-corrected chi connectivity index (χ2v) is 5.05. The number of hydrogen-bond donors (Lipinski definition) is 1. The summed E-state index contributed by atoms with van der Waals surface area (Å²) < 4.78 is 1.11. The minimum Gasteiger partial charge on any atom is -0.393 e. The number of hydrogen-bond acceptors (Lipinski definition) is 1. The minimum atomic E-state index is -0.0892. The molecule has 0 heterocycles. The van der Waals surface area contributed by atoms with Crippen molar-refractivity contribution in [3.05, 3.63) is 34.3 Å². The highest BCUT2D eigenvalue weighted by molar-refractivity contribution is 9.10. The first-order valence-electron chi connectivity index (χ1n) is 4.54. The molecule has 0 atom stereocenters. The zero-order valence-corrected chi connectivity index (χ0v) is 9.21. The zero-order valence-electron chi connectivity index (χ0n) is 7.63. The van der Waals surface area contributed by atoms with Crippen molar-refractivity contribution < 1.29 is 5.11 Å². The summed E-state index contributed by atoms with van der Waals surface area (Å²) in [6, 6.07) is 8.39. The number of halogens is 1. The van der Waals surface area contributed by atoms with Gasteiger partial charge in [0.15, 0.2) is 0 Å². The van der Waals surface area contributed by atoms with E-state index in [9.17, 15) is 5.11 Å². The van der Waals surface area contributed by atoms with Gasteiger partial charge in [-0.25, -0.2) is 0 Å². The third-order valence-electron chi connectivity index (χ3n) is 2.91. The van der Waals surface area contributed by atoms with Crippen LogP contribution in [0.4, 0.5) is 0 Å². The summed E-state index contributed by atoms with van der Waals surface area (Å²) in [5.41, 5.74) is 1.54. The van der Waals surface area contributed by atoms with E-state index < -0.39 is 0 Å². The van der Waals surface area contributed by atoms with E-state index in [0.29, 0.717) is 0 Å². The molecule has 0 saturated heterocycles. The van der Waals surface area contributed by atoms with Crippen molar-refractivity contribution in [1.29, 1.82) is 0 Å². The van der Waals surface area contributed by atoms with Gasteiger partial charge in [0.25, 0.3) is 0 Å². The number of rotatable bonds is 1. The van der Waals surface area contributed by atoms with Crippen molar-refractivity contribution >= 4 is 15.9 Å². The van der Waals surface area contributed by atoms with Gasteiger partial charge in [-0.1, -0.05) is 35.0 Å². The van der Waals surface area contributed by atoms with Gasteiger partial charge in [0, 0.05) is 4.47 Å². The third kappa shape index (κ3) is 1.65. The summed E-state index contributed by atoms with van der Waals surface area (Å²) >= 11 is 3.41. The monoisotopic (exact) mass is 240 g/mol. The molecule has 1 N–H and O–H groups in total. The molecule has 1 aliphatic rings. The van der Waals surface area contributed by atoms with Crippen LogP contribution in [0, 0.1) is 0 Å². The van der Waals surface area contributed by atoms with Gasteiger partial charge in [-0.2, -0.15) is 0 Å². The number of benzene rings is 1. The molecule has 0 aliphatic heterocycles. The zero-order chi connectivity index (χ0) is 9.47. The third-order valence-corrected chi connectivity index (χ3v) is 3.44. The first-order valence-corrected chi connectivity index (χ1v) is 5.34. The predicted octanol–water partition coefficient (Wildman–Crippen LogP) is 2.86. The smallest absolute Gasteiger partial charge is 0.0557 e. The standard InChI is InChI=1S/C11H13BrO/c1-11(6-10(13)7-11)8-2-4-9(12)5-3-8/h2-5,10,13H,6-7H2,1H3. The van der Waals surface area contributed by atoms with E-state index in [1.165, 1.54) is 5.56 Å². The molecule has 0 radical (unpaired) electrons. The van der Waals surface area contributed by atoms with Crippen LogP contribution in [0.1, 0.15) is 25.3 Å². The molecule has 2 heteroatoms. The Morgan fingerprint density at radius 1 is 1.31 bits per heavy atom. The Kier molecular flexibility index (Phi) is 2.20. The van der Waals surface area contributed by atoms with Gasteiger partial charge in [-0.05, 0) is 36.0 Å². The van der Waals surface area contributed by atoms with Crippen LogP contribution in [0.25, 0.3) is 0 Å². The summed E-state index contributed by atoms with van der Waals surface area (Å²) in [6.07, 6.45) is 1.71. The molecule has 0 bridgehead atoms. The van der Waals surface area contributed by atoms with E-state index in [4.69, 9.17) is 0 Å². The van der Waals surface area contributed by atoms with Crippen molar-refractivity contribution in [3.8, 4) is 0 Å². The Balaban J connectivity index is 2.22.